The summed E-state index contributed by atoms with van der Waals surface area (Å²) in [6.07, 6.45) is 4.26. The Hall–Kier alpha value is -4.19. The lowest BCUT2D eigenvalue weighted by atomic mass is 9.95. The van der Waals surface area contributed by atoms with Gasteiger partial charge in [-0.15, -0.1) is 0 Å². The molecule has 1 aliphatic rings. The van der Waals surface area contributed by atoms with Crippen LogP contribution >= 0.6 is 0 Å². The average molecular weight is 458 g/mol. The molecule has 4 rings (SSSR count). The molecule has 0 bridgehead atoms. The predicted octanol–water partition coefficient (Wildman–Crippen LogP) is 5.80. The largest absolute Gasteiger partial charge is 0.504 e. The quantitative estimate of drug-likeness (QED) is 0.447. The predicted molar refractivity (Wildman–Crippen MR) is 132 cm³/mol. The van der Waals surface area contributed by atoms with Crippen LogP contribution in [-0.4, -0.2) is 29.8 Å². The maximum absolute atomic E-state index is 13.2. The van der Waals surface area contributed by atoms with Crippen molar-refractivity contribution in [1.82, 2.24) is 0 Å². The Morgan fingerprint density at radius 3 is 2.41 bits per heavy atom. The molecule has 6 heteroatoms. The van der Waals surface area contributed by atoms with Gasteiger partial charge in [0, 0.05) is 11.3 Å². The van der Waals surface area contributed by atoms with Crippen LogP contribution in [-0.2, 0) is 4.79 Å². The van der Waals surface area contributed by atoms with E-state index < -0.39 is 11.9 Å². The van der Waals surface area contributed by atoms with E-state index in [1.807, 2.05) is 49.4 Å². The van der Waals surface area contributed by atoms with E-state index in [2.05, 4.69) is 0 Å². The number of methoxy groups -OCH3 is 1. The number of phenolic OH excluding ortho intramolecular Hbond substituents is 1. The van der Waals surface area contributed by atoms with Crippen molar-refractivity contribution in [2.45, 2.75) is 19.4 Å². The number of hydrogen-bond acceptors (Lipinski definition) is 5. The molecule has 0 fully saturated rings. The summed E-state index contributed by atoms with van der Waals surface area (Å²) in [6.45, 7) is 2.45. The normalized spacial score (nSPS) is 15.9. The zero-order chi connectivity index (χ0) is 24.1. The van der Waals surface area contributed by atoms with Crippen molar-refractivity contribution in [3.05, 3.63) is 101 Å². The first-order valence-corrected chi connectivity index (χ1v) is 11.1. The molecule has 1 heterocycles. The number of aliphatic hydroxyl groups excluding tert-OH is 1. The van der Waals surface area contributed by atoms with Crippen LogP contribution in [0, 0.1) is 0 Å². The topological polar surface area (TPSA) is 79.2 Å². The number of rotatable bonds is 8. The molecule has 1 atom stereocenters. The Morgan fingerprint density at radius 2 is 1.74 bits per heavy atom. The van der Waals surface area contributed by atoms with Gasteiger partial charge in [-0.2, -0.15) is 0 Å². The minimum absolute atomic E-state index is 0.00177. The minimum Gasteiger partial charge on any atom is -0.504 e. The van der Waals surface area contributed by atoms with Crippen LogP contribution in [0.15, 0.2) is 90.2 Å². The second-order valence-corrected chi connectivity index (χ2v) is 7.83. The zero-order valence-electron chi connectivity index (χ0n) is 19.1. The number of carbonyl (C=O) groups is 1. The number of allylic oxidation sites excluding steroid dienone is 1. The van der Waals surface area contributed by atoms with Gasteiger partial charge in [0.1, 0.15) is 5.75 Å². The Bertz CT molecular complexity index is 1220. The van der Waals surface area contributed by atoms with E-state index in [0.29, 0.717) is 41.4 Å². The van der Waals surface area contributed by atoms with Crippen LogP contribution in [0.2, 0.25) is 0 Å². The third kappa shape index (κ3) is 4.62. The molecular formula is C28H27NO5. The van der Waals surface area contributed by atoms with E-state index in [4.69, 9.17) is 9.47 Å². The van der Waals surface area contributed by atoms with Gasteiger partial charge in [-0.1, -0.05) is 48.6 Å². The molecule has 34 heavy (non-hydrogen) atoms. The zero-order valence-corrected chi connectivity index (χ0v) is 19.1. The second-order valence-electron chi connectivity index (χ2n) is 7.83. The van der Waals surface area contributed by atoms with E-state index in [1.165, 1.54) is 13.2 Å². The molecule has 0 spiro atoms. The summed E-state index contributed by atoms with van der Waals surface area (Å²) in [5, 5.41) is 21.0. The van der Waals surface area contributed by atoms with Crippen LogP contribution in [0.1, 0.15) is 30.5 Å². The summed E-state index contributed by atoms with van der Waals surface area (Å²) in [5.41, 5.74) is 2.93. The lowest BCUT2D eigenvalue weighted by Gasteiger charge is -2.27. The van der Waals surface area contributed by atoms with Crippen molar-refractivity contribution in [3.8, 4) is 17.2 Å². The van der Waals surface area contributed by atoms with Gasteiger partial charge in [0.2, 0.25) is 0 Å². The summed E-state index contributed by atoms with van der Waals surface area (Å²) in [4.78, 5) is 14.8. The van der Waals surface area contributed by atoms with E-state index in [0.717, 1.165) is 5.56 Å². The molecule has 6 nitrogen and oxygen atoms in total. The van der Waals surface area contributed by atoms with Crippen molar-refractivity contribution in [2.24, 2.45) is 0 Å². The van der Waals surface area contributed by atoms with Gasteiger partial charge < -0.3 is 19.7 Å². The Morgan fingerprint density at radius 1 is 1.00 bits per heavy atom. The van der Waals surface area contributed by atoms with Crippen molar-refractivity contribution < 1.29 is 24.5 Å². The number of benzene rings is 3. The SMILES string of the molecule is CCOc1ccc(N2C(=O)C(O)=C(CC=Cc3ccccc3)C2c2ccc(O)c(OC)c2)cc1. The van der Waals surface area contributed by atoms with Gasteiger partial charge >= 0.3 is 0 Å². The Labute approximate surface area is 199 Å². The standard InChI is InChI=1S/C28H27NO5/c1-3-34-22-15-13-21(14-16-22)29-26(20-12-17-24(30)25(18-20)33-2)23(27(31)28(29)32)11-7-10-19-8-5-4-6-9-19/h4-10,12-18,26,30-31H,3,11H2,1-2H3. The number of nitrogens with zero attached hydrogens (tertiary/aromatic N) is 1. The van der Waals surface area contributed by atoms with Crippen molar-refractivity contribution in [3.63, 3.8) is 0 Å². The summed E-state index contributed by atoms with van der Waals surface area (Å²) >= 11 is 0. The van der Waals surface area contributed by atoms with Crippen LogP contribution < -0.4 is 14.4 Å². The molecule has 0 aliphatic carbocycles. The molecule has 1 unspecified atom stereocenters. The highest BCUT2D eigenvalue weighted by Crippen LogP contribution is 2.44. The van der Waals surface area contributed by atoms with E-state index in [-0.39, 0.29) is 11.5 Å². The fraction of sp³-hybridized carbons (Fsp3) is 0.179. The van der Waals surface area contributed by atoms with Gasteiger partial charge in [0.15, 0.2) is 17.3 Å². The highest BCUT2D eigenvalue weighted by molar-refractivity contribution is 6.08. The average Bonchev–Trinajstić information content (AvgIpc) is 3.11. The van der Waals surface area contributed by atoms with Gasteiger partial charge in [-0.3, -0.25) is 9.69 Å². The lowest BCUT2D eigenvalue weighted by molar-refractivity contribution is -0.117. The Balaban J connectivity index is 1.74. The van der Waals surface area contributed by atoms with Crippen molar-refractivity contribution >= 4 is 17.7 Å². The maximum Gasteiger partial charge on any atom is 0.293 e. The molecule has 1 amide bonds. The number of carbonyl (C=O) groups excluding carboxylic acids is 1. The molecule has 2 N–H and O–H groups in total. The molecule has 0 saturated heterocycles. The molecule has 3 aromatic rings. The molecule has 0 aromatic heterocycles. The summed E-state index contributed by atoms with van der Waals surface area (Å²) < 4.78 is 10.8. The van der Waals surface area contributed by atoms with Crippen LogP contribution in [0.5, 0.6) is 17.2 Å². The summed E-state index contributed by atoms with van der Waals surface area (Å²) in [6, 6.07) is 21.4. The third-order valence-electron chi connectivity index (χ3n) is 5.71. The summed E-state index contributed by atoms with van der Waals surface area (Å²) in [7, 11) is 1.47. The maximum atomic E-state index is 13.2. The van der Waals surface area contributed by atoms with Gasteiger partial charge in [-0.25, -0.2) is 0 Å². The van der Waals surface area contributed by atoms with Crippen LogP contribution in [0.25, 0.3) is 6.08 Å². The Kier molecular flexibility index (Phi) is 6.87. The highest BCUT2D eigenvalue weighted by atomic mass is 16.5. The molecule has 3 aromatic carbocycles. The van der Waals surface area contributed by atoms with Crippen molar-refractivity contribution in [2.75, 3.05) is 18.6 Å². The fourth-order valence-electron chi connectivity index (χ4n) is 4.10. The smallest absolute Gasteiger partial charge is 0.293 e. The first kappa shape index (κ1) is 23.0. The number of hydrogen-bond donors (Lipinski definition) is 2. The number of anilines is 1. The number of amides is 1. The van der Waals surface area contributed by atoms with Gasteiger partial charge in [-0.05, 0) is 60.9 Å². The molecule has 0 saturated carbocycles. The number of aromatic hydroxyl groups is 1. The molecular weight excluding hydrogens is 430 g/mol. The molecule has 174 valence electrons. The number of phenols is 1. The second kappa shape index (κ2) is 10.2. The minimum atomic E-state index is -0.569. The fourth-order valence-corrected chi connectivity index (χ4v) is 4.10. The molecule has 0 radical (unpaired) electrons. The highest BCUT2D eigenvalue weighted by Gasteiger charge is 2.41. The monoisotopic (exact) mass is 457 g/mol. The van der Waals surface area contributed by atoms with E-state index in [1.54, 1.807) is 41.3 Å². The summed E-state index contributed by atoms with van der Waals surface area (Å²) in [5.74, 6) is 0.237. The third-order valence-corrected chi connectivity index (χ3v) is 5.71. The van der Waals surface area contributed by atoms with E-state index >= 15 is 0 Å². The van der Waals surface area contributed by atoms with Gasteiger partial charge in [0.25, 0.3) is 5.91 Å². The van der Waals surface area contributed by atoms with Gasteiger partial charge in [0.05, 0.1) is 19.8 Å². The van der Waals surface area contributed by atoms with Crippen LogP contribution in [0.4, 0.5) is 5.69 Å². The van der Waals surface area contributed by atoms with Crippen LogP contribution in [0.3, 0.4) is 0 Å². The number of aliphatic hydroxyl groups is 1. The lowest BCUT2D eigenvalue weighted by Crippen LogP contribution is -2.30. The molecule has 1 aliphatic heterocycles. The first-order valence-electron chi connectivity index (χ1n) is 11.1. The van der Waals surface area contributed by atoms with Crippen molar-refractivity contribution in [1.29, 1.82) is 0 Å². The first-order chi connectivity index (χ1) is 16.5. The van der Waals surface area contributed by atoms with E-state index in [9.17, 15) is 15.0 Å². The number of ether oxygens (including phenoxy) is 2.